The Balaban J connectivity index is 1.72. The van der Waals surface area contributed by atoms with Gasteiger partial charge in [-0.15, -0.1) is 0 Å². The molecule has 8 nitrogen and oxygen atoms in total. The summed E-state index contributed by atoms with van der Waals surface area (Å²) >= 11 is 5.49. The lowest BCUT2D eigenvalue weighted by Crippen LogP contribution is -2.49. The van der Waals surface area contributed by atoms with Crippen LogP contribution < -0.4 is 14.8 Å². The molecule has 2 aromatic rings. The first-order valence-electron chi connectivity index (χ1n) is 8.49. The molecule has 0 unspecified atom stereocenters. The molecule has 1 fully saturated rings. The van der Waals surface area contributed by atoms with E-state index in [2.05, 4.69) is 15.3 Å². The van der Waals surface area contributed by atoms with Crippen LogP contribution in [0.15, 0.2) is 36.7 Å². The Morgan fingerprint density at radius 1 is 1.22 bits per heavy atom. The third-order valence-corrected chi connectivity index (χ3v) is 4.49. The number of carbonyl (C=O) groups is 1. The van der Waals surface area contributed by atoms with Gasteiger partial charge in [0, 0.05) is 38.1 Å². The topological polar surface area (TPSA) is 79.8 Å². The number of pyridine rings is 2. The van der Waals surface area contributed by atoms with Crippen molar-refractivity contribution in [2.24, 2.45) is 0 Å². The predicted molar refractivity (Wildman–Crippen MR) is 103 cm³/mol. The molecule has 0 aromatic carbocycles. The number of ether oxygens (including phenoxy) is 2. The summed E-state index contributed by atoms with van der Waals surface area (Å²) in [6.45, 7) is 1.78. The van der Waals surface area contributed by atoms with Crippen molar-refractivity contribution in [3.05, 3.63) is 47.8 Å². The third-order valence-electron chi connectivity index (χ3n) is 4.13. The Bertz CT molecular complexity index is 818. The van der Waals surface area contributed by atoms with E-state index in [1.165, 1.54) is 14.2 Å². The Morgan fingerprint density at radius 3 is 2.74 bits per heavy atom. The minimum Gasteiger partial charge on any atom is -0.481 e. The first-order valence-corrected chi connectivity index (χ1v) is 8.90. The summed E-state index contributed by atoms with van der Waals surface area (Å²) in [5, 5.41) is 7.06. The highest BCUT2D eigenvalue weighted by atomic mass is 32.1. The van der Waals surface area contributed by atoms with E-state index in [-0.39, 0.29) is 11.8 Å². The smallest absolute Gasteiger partial charge is 0.277 e. The van der Waals surface area contributed by atoms with Crippen LogP contribution in [0.4, 0.5) is 0 Å². The average molecular weight is 387 g/mol. The molecule has 1 aliphatic heterocycles. The normalized spacial score (nSPS) is 13.4. The van der Waals surface area contributed by atoms with Gasteiger partial charge in [-0.25, -0.2) is 5.01 Å². The fraction of sp³-hybridized carbons (Fsp3) is 0.333. The number of methoxy groups -OCH3 is 2. The summed E-state index contributed by atoms with van der Waals surface area (Å²) in [6, 6.07) is 7.11. The second-order valence-corrected chi connectivity index (χ2v) is 6.22. The van der Waals surface area contributed by atoms with E-state index in [0.717, 1.165) is 12.0 Å². The molecule has 0 bridgehead atoms. The first kappa shape index (κ1) is 18.8. The lowest BCUT2D eigenvalue weighted by Gasteiger charge is -2.30. The molecule has 9 heteroatoms. The molecule has 0 aliphatic carbocycles. The average Bonchev–Trinajstić information content (AvgIpc) is 3.21. The van der Waals surface area contributed by atoms with Crippen LogP contribution in [0.5, 0.6) is 11.8 Å². The van der Waals surface area contributed by atoms with Crippen LogP contribution >= 0.6 is 12.2 Å². The van der Waals surface area contributed by atoms with E-state index in [4.69, 9.17) is 21.7 Å². The molecule has 1 amide bonds. The molecule has 1 saturated heterocycles. The zero-order valence-electron chi connectivity index (χ0n) is 15.2. The van der Waals surface area contributed by atoms with Crippen LogP contribution in [0, 0.1) is 0 Å². The van der Waals surface area contributed by atoms with E-state index < -0.39 is 0 Å². The highest BCUT2D eigenvalue weighted by Gasteiger charge is 2.31. The Labute approximate surface area is 163 Å². The van der Waals surface area contributed by atoms with Crippen LogP contribution in [-0.4, -0.2) is 58.3 Å². The molecule has 3 rings (SSSR count). The van der Waals surface area contributed by atoms with Crippen molar-refractivity contribution >= 4 is 23.2 Å². The maximum atomic E-state index is 13.0. The Morgan fingerprint density at radius 2 is 2.04 bits per heavy atom. The highest BCUT2D eigenvalue weighted by molar-refractivity contribution is 7.80. The number of carbonyl (C=O) groups excluding carboxylic acids is 1. The summed E-state index contributed by atoms with van der Waals surface area (Å²) < 4.78 is 10.3. The van der Waals surface area contributed by atoms with Gasteiger partial charge < -0.3 is 14.8 Å². The van der Waals surface area contributed by atoms with Crippen LogP contribution in [-0.2, 0) is 6.54 Å². The van der Waals surface area contributed by atoms with Gasteiger partial charge in [-0.05, 0) is 36.3 Å². The summed E-state index contributed by atoms with van der Waals surface area (Å²) in [4.78, 5) is 21.3. The fourth-order valence-corrected chi connectivity index (χ4v) is 3.06. The van der Waals surface area contributed by atoms with E-state index >= 15 is 0 Å². The molecule has 1 N–H and O–H groups in total. The predicted octanol–water partition coefficient (Wildman–Crippen LogP) is 1.63. The van der Waals surface area contributed by atoms with Gasteiger partial charge in [-0.3, -0.25) is 14.8 Å². The lowest BCUT2D eigenvalue weighted by atomic mass is 10.2. The molecule has 0 saturated carbocycles. The summed E-state index contributed by atoms with van der Waals surface area (Å²) in [5.41, 5.74) is 1.37. The summed E-state index contributed by atoms with van der Waals surface area (Å²) in [5.74, 6) is 0.390. The molecule has 2 aromatic heterocycles. The molecule has 27 heavy (non-hydrogen) atoms. The Kier molecular flexibility index (Phi) is 6.02. The SMILES string of the molecule is COc1ccc(C(=O)N2CCCN2C(=S)NCc2cccnc2)c(OC)n1. The highest BCUT2D eigenvalue weighted by Crippen LogP contribution is 2.24. The van der Waals surface area contributed by atoms with Crippen LogP contribution in [0.1, 0.15) is 22.3 Å². The van der Waals surface area contributed by atoms with E-state index in [9.17, 15) is 4.79 Å². The molecule has 3 heterocycles. The van der Waals surface area contributed by atoms with Crippen molar-refractivity contribution in [3.63, 3.8) is 0 Å². The van der Waals surface area contributed by atoms with Gasteiger partial charge in [0.2, 0.25) is 11.8 Å². The van der Waals surface area contributed by atoms with Gasteiger partial charge in [0.05, 0.1) is 14.2 Å². The van der Waals surface area contributed by atoms with Crippen molar-refractivity contribution in [1.29, 1.82) is 0 Å². The van der Waals surface area contributed by atoms with Crippen LogP contribution in [0.3, 0.4) is 0 Å². The number of nitrogens with one attached hydrogen (secondary N) is 1. The molecule has 0 atom stereocenters. The zero-order chi connectivity index (χ0) is 19.2. The molecule has 0 radical (unpaired) electrons. The Hall–Kier alpha value is -2.94. The van der Waals surface area contributed by atoms with E-state index in [1.54, 1.807) is 34.5 Å². The molecule has 142 valence electrons. The maximum Gasteiger partial charge on any atom is 0.277 e. The molecule has 0 spiro atoms. The number of thiocarbonyl (C=S) groups is 1. The summed E-state index contributed by atoms with van der Waals surface area (Å²) in [6.07, 6.45) is 4.32. The van der Waals surface area contributed by atoms with Crippen molar-refractivity contribution in [1.82, 2.24) is 25.3 Å². The number of nitrogens with zero attached hydrogens (tertiary/aromatic N) is 4. The monoisotopic (exact) mass is 387 g/mol. The van der Waals surface area contributed by atoms with Gasteiger partial charge in [-0.1, -0.05) is 6.07 Å². The van der Waals surface area contributed by atoms with Crippen molar-refractivity contribution < 1.29 is 14.3 Å². The third kappa shape index (κ3) is 4.25. The second kappa shape index (κ2) is 8.63. The number of hydrogen-bond acceptors (Lipinski definition) is 6. The maximum absolute atomic E-state index is 13.0. The van der Waals surface area contributed by atoms with Crippen molar-refractivity contribution in [3.8, 4) is 11.8 Å². The second-order valence-electron chi connectivity index (χ2n) is 5.84. The standard InChI is InChI=1S/C18H21N5O3S/c1-25-15-7-6-14(16(21-15)26-2)17(24)22-9-4-10-23(22)18(27)20-12-13-5-3-8-19-11-13/h3,5-8,11H,4,9-10,12H2,1-2H3,(H,20,27). The fourth-order valence-electron chi connectivity index (χ4n) is 2.80. The van der Waals surface area contributed by atoms with Gasteiger partial charge in [0.25, 0.3) is 5.91 Å². The lowest BCUT2D eigenvalue weighted by molar-refractivity contribution is 0.0487. The van der Waals surface area contributed by atoms with Crippen LogP contribution in [0.2, 0.25) is 0 Å². The van der Waals surface area contributed by atoms with E-state index in [1.807, 2.05) is 12.1 Å². The molecule has 1 aliphatic rings. The molecular weight excluding hydrogens is 366 g/mol. The first-order chi connectivity index (χ1) is 13.1. The molecular formula is C18H21N5O3S. The quantitative estimate of drug-likeness (QED) is 0.776. The van der Waals surface area contributed by atoms with Gasteiger partial charge in [-0.2, -0.15) is 4.98 Å². The van der Waals surface area contributed by atoms with Crippen molar-refractivity contribution in [2.45, 2.75) is 13.0 Å². The minimum atomic E-state index is -0.218. The number of rotatable bonds is 5. The summed E-state index contributed by atoms with van der Waals surface area (Å²) in [7, 11) is 2.98. The number of aromatic nitrogens is 2. The van der Waals surface area contributed by atoms with Crippen molar-refractivity contribution in [2.75, 3.05) is 27.3 Å². The van der Waals surface area contributed by atoms with E-state index in [0.29, 0.717) is 36.2 Å². The van der Waals surface area contributed by atoms with Crippen LogP contribution in [0.25, 0.3) is 0 Å². The van der Waals surface area contributed by atoms with Gasteiger partial charge >= 0.3 is 0 Å². The minimum absolute atomic E-state index is 0.218. The van der Waals surface area contributed by atoms with Gasteiger partial charge in [0.15, 0.2) is 5.11 Å². The largest absolute Gasteiger partial charge is 0.481 e. The zero-order valence-corrected chi connectivity index (χ0v) is 16.0. The van der Waals surface area contributed by atoms with Gasteiger partial charge in [0.1, 0.15) is 5.56 Å². The number of hydrazine groups is 1. The number of amides is 1. The number of hydrogen-bond donors (Lipinski definition) is 1.